The van der Waals surface area contributed by atoms with Crippen molar-refractivity contribution in [3.05, 3.63) is 35.4 Å². The highest BCUT2D eigenvalue weighted by Gasteiger charge is 2.58. The van der Waals surface area contributed by atoms with Crippen molar-refractivity contribution in [2.75, 3.05) is 13.1 Å². The number of hydrogen-bond donors (Lipinski definition) is 1. The minimum absolute atomic E-state index is 0.0438. The topological polar surface area (TPSA) is 49.4 Å². The lowest BCUT2D eigenvalue weighted by atomic mass is 10.0. The number of amides is 2. The maximum absolute atomic E-state index is 12.5. The van der Waals surface area contributed by atoms with Crippen LogP contribution in [0.3, 0.4) is 0 Å². The van der Waals surface area contributed by atoms with Crippen LogP contribution < -0.4 is 5.32 Å². The summed E-state index contributed by atoms with van der Waals surface area (Å²) in [4.78, 5) is 26.8. The molecule has 4 heteroatoms. The first-order valence-corrected chi connectivity index (χ1v) is 7.76. The monoisotopic (exact) mass is 286 g/mol. The smallest absolute Gasteiger partial charge is 0.238 e. The normalized spacial score (nSPS) is 19.4. The van der Waals surface area contributed by atoms with Gasteiger partial charge in [-0.05, 0) is 43.7 Å². The molecular formula is C17H22N2O2. The standard InChI is InChI=1S/C17H22N2O2/c1-13-6-2-3-7-14(13)12-18-15(20)17(8-9-17)16(21)19-10-4-5-11-19/h2-3,6-7H,4-5,8-12H2,1H3,(H,18,20). The van der Waals surface area contributed by atoms with Gasteiger partial charge in [-0.2, -0.15) is 0 Å². The van der Waals surface area contributed by atoms with Gasteiger partial charge in [0.25, 0.3) is 0 Å². The summed E-state index contributed by atoms with van der Waals surface area (Å²) in [6, 6.07) is 8.00. The van der Waals surface area contributed by atoms with Crippen LogP contribution in [0.1, 0.15) is 36.8 Å². The molecule has 3 rings (SSSR count). The van der Waals surface area contributed by atoms with Crippen LogP contribution in [0.2, 0.25) is 0 Å². The molecule has 0 aromatic heterocycles. The molecule has 0 spiro atoms. The van der Waals surface area contributed by atoms with Gasteiger partial charge in [0.1, 0.15) is 5.41 Å². The Labute approximate surface area is 125 Å². The second-order valence-electron chi connectivity index (χ2n) is 6.19. The fraction of sp³-hybridized carbons (Fsp3) is 0.529. The molecule has 1 aliphatic carbocycles. The van der Waals surface area contributed by atoms with Crippen molar-refractivity contribution in [1.29, 1.82) is 0 Å². The van der Waals surface area contributed by atoms with E-state index in [-0.39, 0.29) is 11.8 Å². The van der Waals surface area contributed by atoms with Crippen molar-refractivity contribution < 1.29 is 9.59 Å². The summed E-state index contributed by atoms with van der Waals surface area (Å²) in [5.41, 5.74) is 1.51. The number of rotatable bonds is 4. The number of carbonyl (C=O) groups is 2. The van der Waals surface area contributed by atoms with Crippen LogP contribution >= 0.6 is 0 Å². The van der Waals surface area contributed by atoms with Crippen LogP contribution in [0.15, 0.2) is 24.3 Å². The number of nitrogens with zero attached hydrogens (tertiary/aromatic N) is 1. The molecule has 0 radical (unpaired) electrons. The van der Waals surface area contributed by atoms with Gasteiger partial charge in [-0.3, -0.25) is 9.59 Å². The van der Waals surface area contributed by atoms with Crippen LogP contribution in [0.5, 0.6) is 0 Å². The van der Waals surface area contributed by atoms with Gasteiger partial charge in [-0.1, -0.05) is 24.3 Å². The number of benzene rings is 1. The molecule has 21 heavy (non-hydrogen) atoms. The number of aryl methyl sites for hydroxylation is 1. The van der Waals surface area contributed by atoms with Crippen molar-refractivity contribution in [2.24, 2.45) is 5.41 Å². The lowest BCUT2D eigenvalue weighted by molar-refractivity contribution is -0.143. The van der Waals surface area contributed by atoms with E-state index in [1.807, 2.05) is 36.1 Å². The van der Waals surface area contributed by atoms with E-state index in [0.717, 1.165) is 37.1 Å². The van der Waals surface area contributed by atoms with E-state index in [4.69, 9.17) is 0 Å². The number of likely N-dealkylation sites (tertiary alicyclic amines) is 1. The summed E-state index contributed by atoms with van der Waals surface area (Å²) in [7, 11) is 0. The molecule has 1 heterocycles. The number of nitrogens with one attached hydrogen (secondary N) is 1. The average molecular weight is 286 g/mol. The molecular weight excluding hydrogens is 264 g/mol. The van der Waals surface area contributed by atoms with Crippen molar-refractivity contribution in [1.82, 2.24) is 10.2 Å². The summed E-state index contributed by atoms with van der Waals surface area (Å²) >= 11 is 0. The molecule has 1 saturated carbocycles. The Morgan fingerprint density at radius 2 is 1.86 bits per heavy atom. The number of hydrogen-bond acceptors (Lipinski definition) is 2. The minimum atomic E-state index is -0.757. The van der Waals surface area contributed by atoms with Crippen LogP contribution in [0.25, 0.3) is 0 Å². The van der Waals surface area contributed by atoms with Gasteiger partial charge in [-0.25, -0.2) is 0 Å². The zero-order chi connectivity index (χ0) is 14.9. The molecule has 4 nitrogen and oxygen atoms in total. The zero-order valence-corrected chi connectivity index (χ0v) is 12.5. The van der Waals surface area contributed by atoms with Gasteiger partial charge in [0.2, 0.25) is 11.8 Å². The molecule has 1 aromatic rings. The minimum Gasteiger partial charge on any atom is -0.351 e. The fourth-order valence-electron chi connectivity index (χ4n) is 3.04. The lowest BCUT2D eigenvalue weighted by Gasteiger charge is -2.22. The predicted octanol–water partition coefficient (Wildman–Crippen LogP) is 2.01. The first kappa shape index (κ1) is 14.1. The quantitative estimate of drug-likeness (QED) is 0.861. The maximum atomic E-state index is 12.5. The van der Waals surface area contributed by atoms with Crippen LogP contribution in [0, 0.1) is 12.3 Å². The van der Waals surface area contributed by atoms with Crippen LogP contribution in [-0.4, -0.2) is 29.8 Å². The summed E-state index contributed by atoms with van der Waals surface area (Å²) < 4.78 is 0. The Hall–Kier alpha value is -1.84. The third-order valence-corrected chi connectivity index (χ3v) is 4.69. The first-order chi connectivity index (χ1) is 10.1. The SMILES string of the molecule is Cc1ccccc1CNC(=O)C1(C(=O)N2CCCC2)CC1. The highest BCUT2D eigenvalue weighted by atomic mass is 16.2. The number of carbonyl (C=O) groups excluding carboxylic acids is 2. The van der Waals surface area contributed by atoms with Gasteiger partial charge in [0.15, 0.2) is 0 Å². The predicted molar refractivity (Wildman–Crippen MR) is 80.5 cm³/mol. The molecule has 1 saturated heterocycles. The molecule has 1 N–H and O–H groups in total. The lowest BCUT2D eigenvalue weighted by Crippen LogP contribution is -2.44. The van der Waals surface area contributed by atoms with E-state index < -0.39 is 5.41 Å². The Bertz CT molecular complexity index is 558. The molecule has 1 aromatic carbocycles. The second kappa shape index (κ2) is 5.51. The van der Waals surface area contributed by atoms with Crippen LogP contribution in [0.4, 0.5) is 0 Å². The third kappa shape index (κ3) is 2.67. The van der Waals surface area contributed by atoms with Gasteiger partial charge >= 0.3 is 0 Å². The molecule has 112 valence electrons. The van der Waals surface area contributed by atoms with Crippen molar-refractivity contribution in [2.45, 2.75) is 39.2 Å². The van der Waals surface area contributed by atoms with E-state index in [1.54, 1.807) is 0 Å². The Morgan fingerprint density at radius 1 is 1.19 bits per heavy atom. The van der Waals surface area contributed by atoms with E-state index in [9.17, 15) is 9.59 Å². The van der Waals surface area contributed by atoms with E-state index in [0.29, 0.717) is 19.4 Å². The van der Waals surface area contributed by atoms with Crippen molar-refractivity contribution in [3.63, 3.8) is 0 Å². The van der Waals surface area contributed by atoms with E-state index in [2.05, 4.69) is 5.32 Å². The van der Waals surface area contributed by atoms with E-state index >= 15 is 0 Å². The summed E-state index contributed by atoms with van der Waals surface area (Å²) in [6.07, 6.45) is 3.52. The van der Waals surface area contributed by atoms with E-state index in [1.165, 1.54) is 0 Å². The molecule has 0 bridgehead atoms. The van der Waals surface area contributed by atoms with Crippen molar-refractivity contribution in [3.8, 4) is 0 Å². The van der Waals surface area contributed by atoms with Gasteiger partial charge < -0.3 is 10.2 Å². The maximum Gasteiger partial charge on any atom is 0.238 e. The van der Waals surface area contributed by atoms with Crippen molar-refractivity contribution >= 4 is 11.8 Å². The highest BCUT2D eigenvalue weighted by Crippen LogP contribution is 2.48. The Morgan fingerprint density at radius 3 is 2.48 bits per heavy atom. The zero-order valence-electron chi connectivity index (χ0n) is 12.5. The summed E-state index contributed by atoms with van der Waals surface area (Å²) in [5, 5.41) is 2.96. The molecule has 2 amide bonds. The van der Waals surface area contributed by atoms with Gasteiger partial charge in [0.05, 0.1) is 0 Å². The van der Waals surface area contributed by atoms with Gasteiger partial charge in [-0.15, -0.1) is 0 Å². The molecule has 2 fully saturated rings. The largest absolute Gasteiger partial charge is 0.351 e. The molecule has 0 atom stereocenters. The average Bonchev–Trinajstić information content (AvgIpc) is 3.12. The Balaban J connectivity index is 1.62. The van der Waals surface area contributed by atoms with Crippen LogP contribution in [-0.2, 0) is 16.1 Å². The summed E-state index contributed by atoms with van der Waals surface area (Å²) in [5.74, 6) is -0.0510. The molecule has 1 aliphatic heterocycles. The first-order valence-electron chi connectivity index (χ1n) is 7.76. The van der Waals surface area contributed by atoms with Gasteiger partial charge in [0, 0.05) is 19.6 Å². The molecule has 2 aliphatic rings. The summed E-state index contributed by atoms with van der Waals surface area (Å²) in [6.45, 7) is 4.15. The molecule has 0 unspecified atom stereocenters. The Kier molecular flexibility index (Phi) is 3.70. The highest BCUT2D eigenvalue weighted by molar-refractivity contribution is 6.07. The fourth-order valence-corrected chi connectivity index (χ4v) is 3.04. The second-order valence-corrected chi connectivity index (χ2v) is 6.19. The third-order valence-electron chi connectivity index (χ3n) is 4.69.